The number of carboxylic acid groups (broad SMARTS) is 1. The van der Waals surface area contributed by atoms with Gasteiger partial charge < -0.3 is 24.8 Å². The zero-order valence-electron chi connectivity index (χ0n) is 21.6. The molecule has 0 bridgehead atoms. The Hall–Kier alpha value is -4.33. The highest BCUT2D eigenvalue weighted by Crippen LogP contribution is 2.27. The Morgan fingerprint density at radius 1 is 1.10 bits per heavy atom. The fourth-order valence-electron chi connectivity index (χ4n) is 5.13. The summed E-state index contributed by atoms with van der Waals surface area (Å²) in [5.41, 5.74) is 1.20. The zero-order chi connectivity index (χ0) is 29.9. The van der Waals surface area contributed by atoms with Crippen LogP contribution in [-0.4, -0.2) is 76.5 Å². The van der Waals surface area contributed by atoms with Gasteiger partial charge in [-0.05, 0) is 37.1 Å². The third-order valence-corrected chi connectivity index (χ3v) is 7.11. The maximum absolute atomic E-state index is 14.7. The van der Waals surface area contributed by atoms with Crippen molar-refractivity contribution in [3.8, 4) is 5.75 Å². The number of aliphatic carboxylic acids is 1. The molecule has 1 aliphatic carbocycles. The number of aromatic hydroxyl groups is 1. The van der Waals surface area contributed by atoms with Crippen LogP contribution in [0.2, 0.25) is 0 Å². The summed E-state index contributed by atoms with van der Waals surface area (Å²) in [4.78, 5) is 50.0. The summed E-state index contributed by atoms with van der Waals surface area (Å²) in [7, 11) is 0. The van der Waals surface area contributed by atoms with Crippen LogP contribution in [0.25, 0.3) is 0 Å². The van der Waals surface area contributed by atoms with Gasteiger partial charge in [-0.2, -0.15) is 18.2 Å². The lowest BCUT2D eigenvalue weighted by atomic mass is 10.0. The van der Waals surface area contributed by atoms with Crippen LogP contribution in [-0.2, 0) is 16.1 Å². The maximum atomic E-state index is 14.7. The van der Waals surface area contributed by atoms with Crippen molar-refractivity contribution in [1.29, 1.82) is 0 Å². The fourth-order valence-corrected chi connectivity index (χ4v) is 5.13. The second kappa shape index (κ2) is 12.0. The number of nitrogens with one attached hydrogen (secondary N) is 1. The first-order valence-electron chi connectivity index (χ1n) is 12.8. The number of carboxylic acids is 1. The standard InChI is InChI=1S/C25H25FN4O4.C2HF3O2/c26-20-9-8-16(14-30-24-18(22(32)13-27-30)6-3-7-21(24)31)12-19(20)25(34)28-10-11-29(23(33)15-28)17-4-1-2-5-17;3-2(4,5)1(6)7/h3,6-9,12-13,17,31H,1-2,4-5,10-11,14-15H2;(H,6,7). The first-order chi connectivity index (χ1) is 19.4. The molecule has 2 fully saturated rings. The zero-order valence-corrected chi connectivity index (χ0v) is 21.6. The summed E-state index contributed by atoms with van der Waals surface area (Å²) in [6.07, 6.45) is 0.245. The second-order valence-corrected chi connectivity index (χ2v) is 9.80. The van der Waals surface area contributed by atoms with E-state index in [0.717, 1.165) is 25.7 Å². The molecule has 2 heterocycles. The molecule has 1 saturated heterocycles. The van der Waals surface area contributed by atoms with Crippen molar-refractivity contribution in [1.82, 2.24) is 9.80 Å². The lowest BCUT2D eigenvalue weighted by Crippen LogP contribution is -3.01. The van der Waals surface area contributed by atoms with E-state index in [1.54, 1.807) is 18.2 Å². The van der Waals surface area contributed by atoms with Gasteiger partial charge in [0, 0.05) is 24.7 Å². The minimum absolute atomic E-state index is 0.0516. The van der Waals surface area contributed by atoms with Crippen molar-refractivity contribution in [2.45, 2.75) is 44.4 Å². The molecule has 1 saturated carbocycles. The van der Waals surface area contributed by atoms with Crippen LogP contribution >= 0.6 is 0 Å². The molecule has 2 amide bonds. The van der Waals surface area contributed by atoms with E-state index < -0.39 is 23.9 Å². The number of halogens is 4. The Morgan fingerprint density at radius 2 is 1.78 bits per heavy atom. The van der Waals surface area contributed by atoms with Crippen LogP contribution in [0.4, 0.5) is 23.2 Å². The number of fused-ring (bicyclic) bond motifs is 1. The first kappa shape index (κ1) is 29.6. The SMILES string of the molecule is O=C([O-])C(F)(F)F.O=C1C=N[NH+](Cc2ccc(F)c(C(=O)N3CCN(C4CCCC4)C(=O)C3)c2)c2c(O)cccc21. The number of hydrogen-bond donors (Lipinski definition) is 2. The molecule has 10 nitrogen and oxygen atoms in total. The van der Waals surface area contributed by atoms with Crippen molar-refractivity contribution in [2.24, 2.45) is 5.10 Å². The molecule has 0 aromatic heterocycles. The minimum atomic E-state index is -5.19. The lowest BCUT2D eigenvalue weighted by molar-refractivity contribution is -0.854. The summed E-state index contributed by atoms with van der Waals surface area (Å²) in [5.74, 6) is -4.63. The smallest absolute Gasteiger partial charge is 0.430 e. The monoisotopic (exact) mass is 578 g/mol. The van der Waals surface area contributed by atoms with Crippen molar-refractivity contribution in [3.05, 3.63) is 58.9 Å². The van der Waals surface area contributed by atoms with Gasteiger partial charge in [-0.3, -0.25) is 14.4 Å². The van der Waals surface area contributed by atoms with E-state index in [1.807, 2.05) is 4.90 Å². The van der Waals surface area contributed by atoms with E-state index >= 15 is 0 Å². The number of Topliss-reactive ketones (excluding diaryl/α,β-unsaturated/α-hetero) is 1. The summed E-state index contributed by atoms with van der Waals surface area (Å²) in [5, 5.41) is 23.7. The number of phenolic OH excluding ortho intramolecular Hbond substituents is 1. The molecule has 5 rings (SSSR count). The number of carbonyl (C=O) groups is 4. The number of phenols is 1. The second-order valence-electron chi connectivity index (χ2n) is 9.80. The number of nitrogens with zero attached hydrogens (tertiary/aromatic N) is 3. The van der Waals surface area contributed by atoms with Crippen LogP contribution in [0.15, 0.2) is 41.5 Å². The highest BCUT2D eigenvalue weighted by molar-refractivity contribution is 6.37. The van der Waals surface area contributed by atoms with Crippen molar-refractivity contribution >= 4 is 35.5 Å². The predicted octanol–water partition coefficient (Wildman–Crippen LogP) is 0.956. The van der Waals surface area contributed by atoms with Crippen molar-refractivity contribution in [3.63, 3.8) is 0 Å². The van der Waals surface area contributed by atoms with E-state index in [0.29, 0.717) is 34.9 Å². The lowest BCUT2D eigenvalue weighted by Gasteiger charge is -2.37. The number of hydrogen-bond acceptors (Lipinski definition) is 7. The fraction of sp³-hybridized carbons (Fsp3) is 0.370. The van der Waals surface area contributed by atoms with Crippen LogP contribution in [0.5, 0.6) is 5.75 Å². The van der Waals surface area contributed by atoms with Gasteiger partial charge in [-0.25, -0.2) is 4.39 Å². The molecular formula is C27H26F4N4O6. The van der Waals surface area contributed by atoms with E-state index in [2.05, 4.69) is 5.10 Å². The van der Waals surface area contributed by atoms with Gasteiger partial charge >= 0.3 is 6.18 Å². The summed E-state index contributed by atoms with van der Waals surface area (Å²) in [6.45, 7) is 0.983. The molecule has 1 atom stereocenters. The number of para-hydroxylation sites is 1. The van der Waals surface area contributed by atoms with Crippen molar-refractivity contribution < 1.29 is 52.0 Å². The van der Waals surface area contributed by atoms with Crippen molar-refractivity contribution in [2.75, 3.05) is 19.6 Å². The Balaban J connectivity index is 0.000000493. The number of ketones is 1. The molecule has 3 aliphatic rings. The third-order valence-electron chi connectivity index (χ3n) is 7.11. The highest BCUT2D eigenvalue weighted by atomic mass is 19.4. The summed E-state index contributed by atoms with van der Waals surface area (Å²) < 4.78 is 46.2. The summed E-state index contributed by atoms with van der Waals surface area (Å²) >= 11 is 0. The number of quaternary nitrogens is 1. The van der Waals surface area contributed by atoms with Gasteiger partial charge in [0.1, 0.15) is 31.1 Å². The van der Waals surface area contributed by atoms with Gasteiger partial charge in [0.25, 0.3) is 5.91 Å². The molecule has 41 heavy (non-hydrogen) atoms. The average molecular weight is 579 g/mol. The molecule has 1 unspecified atom stereocenters. The molecular weight excluding hydrogens is 552 g/mol. The predicted molar refractivity (Wildman–Crippen MR) is 133 cm³/mol. The van der Waals surface area contributed by atoms with Gasteiger partial charge in [0.05, 0.1) is 11.1 Å². The Kier molecular flexibility index (Phi) is 8.71. The number of carbonyl (C=O) groups excluding carboxylic acids is 4. The normalized spacial score (nSPS) is 19.1. The first-order valence-corrected chi connectivity index (χ1v) is 12.8. The topological polar surface area (TPSA) is 135 Å². The molecule has 2 N–H and O–H groups in total. The number of amides is 2. The summed E-state index contributed by atoms with van der Waals surface area (Å²) in [6, 6.07) is 9.18. The van der Waals surface area contributed by atoms with Gasteiger partial charge in [-0.15, -0.1) is 0 Å². The van der Waals surface area contributed by atoms with Gasteiger partial charge in [-0.1, -0.05) is 30.1 Å². The molecule has 0 spiro atoms. The molecule has 0 radical (unpaired) electrons. The Labute approximate surface area is 231 Å². The Bertz CT molecular complexity index is 1390. The van der Waals surface area contributed by atoms with Crippen LogP contribution in [0.1, 0.15) is 52.0 Å². The van der Waals surface area contributed by atoms with Crippen LogP contribution in [0, 0.1) is 5.82 Å². The molecule has 218 valence electrons. The molecule has 2 aromatic carbocycles. The third kappa shape index (κ3) is 6.70. The number of benzene rings is 2. The Morgan fingerprint density at radius 3 is 2.41 bits per heavy atom. The quantitative estimate of drug-likeness (QED) is 0.410. The molecule has 14 heteroatoms. The van der Waals surface area contributed by atoms with E-state index in [4.69, 9.17) is 9.90 Å². The largest absolute Gasteiger partial charge is 0.542 e. The highest BCUT2D eigenvalue weighted by Gasteiger charge is 2.34. The number of alkyl halides is 3. The number of rotatable bonds is 4. The van der Waals surface area contributed by atoms with E-state index in [-0.39, 0.29) is 42.1 Å². The molecule has 2 aromatic rings. The van der Waals surface area contributed by atoms with Crippen LogP contribution < -0.4 is 10.1 Å². The minimum Gasteiger partial charge on any atom is -0.542 e. The number of piperazine rings is 1. The van der Waals surface area contributed by atoms with Crippen LogP contribution in [0.3, 0.4) is 0 Å². The van der Waals surface area contributed by atoms with Gasteiger partial charge in [0.2, 0.25) is 17.4 Å². The average Bonchev–Trinajstić information content (AvgIpc) is 3.45. The van der Waals surface area contributed by atoms with E-state index in [9.17, 15) is 37.1 Å². The molecule has 2 aliphatic heterocycles. The van der Waals surface area contributed by atoms with Gasteiger partial charge in [0.15, 0.2) is 5.75 Å². The maximum Gasteiger partial charge on any atom is 0.430 e. The van der Waals surface area contributed by atoms with E-state index in [1.165, 1.54) is 29.3 Å².